The Morgan fingerprint density at radius 1 is 1.10 bits per heavy atom. The summed E-state index contributed by atoms with van der Waals surface area (Å²) in [6.45, 7) is 0. The molecule has 21 heavy (non-hydrogen) atoms. The van der Waals surface area contributed by atoms with Crippen LogP contribution in [0.3, 0.4) is 0 Å². The minimum absolute atomic E-state index is 0.440. The largest absolute Gasteiger partial charge is 0.416 e. The molecule has 0 amide bonds. The molecule has 3 aromatic rings. The Morgan fingerprint density at radius 2 is 1.81 bits per heavy atom. The number of rotatable bonds is 2. The van der Waals surface area contributed by atoms with E-state index in [0.717, 1.165) is 29.0 Å². The lowest BCUT2D eigenvalue weighted by atomic mass is 10.1. The van der Waals surface area contributed by atoms with Gasteiger partial charge in [-0.3, -0.25) is 0 Å². The highest BCUT2D eigenvalue weighted by atomic mass is 19.4. The number of aromatic nitrogens is 2. The van der Waals surface area contributed by atoms with Crippen molar-refractivity contribution >= 4 is 11.2 Å². The van der Waals surface area contributed by atoms with Crippen LogP contribution in [0.2, 0.25) is 0 Å². The van der Waals surface area contributed by atoms with Gasteiger partial charge in [0, 0.05) is 12.6 Å². The molecule has 2 aromatic heterocycles. The number of anilines is 1. The summed E-state index contributed by atoms with van der Waals surface area (Å²) in [5, 5.41) is 0. The zero-order valence-corrected chi connectivity index (χ0v) is 10.9. The molecule has 0 fully saturated rings. The topological polar surface area (TPSA) is 43.3 Å². The fourth-order valence-electron chi connectivity index (χ4n) is 2.22. The van der Waals surface area contributed by atoms with Gasteiger partial charge in [0.25, 0.3) is 0 Å². The number of nitrogens with zero attached hydrogens (tertiary/aromatic N) is 2. The Labute approximate surface area is 118 Å². The van der Waals surface area contributed by atoms with Gasteiger partial charge in [-0.15, -0.1) is 0 Å². The van der Waals surface area contributed by atoms with E-state index in [0.29, 0.717) is 12.1 Å². The number of halogens is 3. The van der Waals surface area contributed by atoms with Gasteiger partial charge in [-0.25, -0.2) is 4.98 Å². The normalized spacial score (nSPS) is 12.0. The van der Waals surface area contributed by atoms with Crippen LogP contribution in [0.4, 0.5) is 18.9 Å². The van der Waals surface area contributed by atoms with E-state index < -0.39 is 11.7 Å². The Bertz CT molecular complexity index is 773. The van der Waals surface area contributed by atoms with Crippen molar-refractivity contribution < 1.29 is 13.2 Å². The van der Waals surface area contributed by atoms with Crippen molar-refractivity contribution in [3.63, 3.8) is 0 Å². The zero-order valence-electron chi connectivity index (χ0n) is 10.9. The van der Waals surface area contributed by atoms with Crippen LogP contribution in [0.1, 0.15) is 17.0 Å². The predicted octanol–water partition coefficient (Wildman–Crippen LogP) is 3.53. The average Bonchev–Trinajstić information content (AvgIpc) is 2.83. The lowest BCUT2D eigenvalue weighted by Crippen LogP contribution is -2.05. The fraction of sp³-hybridized carbons (Fsp3) is 0.133. The van der Waals surface area contributed by atoms with Crippen molar-refractivity contribution in [1.29, 1.82) is 0 Å². The second-order valence-electron chi connectivity index (χ2n) is 4.76. The van der Waals surface area contributed by atoms with Gasteiger partial charge in [0.1, 0.15) is 5.82 Å². The quantitative estimate of drug-likeness (QED) is 0.785. The van der Waals surface area contributed by atoms with Gasteiger partial charge in [0.15, 0.2) is 0 Å². The standard InChI is InChI=1S/C15H12F3N3/c16-15(17,18)11-5-3-10(4-6-11)8-14-20-9-13-12(19)2-1-7-21(13)14/h1-7,9H,8,19H2. The van der Waals surface area contributed by atoms with Crippen molar-refractivity contribution in [2.45, 2.75) is 12.6 Å². The van der Waals surface area contributed by atoms with Gasteiger partial charge < -0.3 is 10.1 Å². The number of imidazole rings is 1. The maximum absolute atomic E-state index is 12.5. The number of hydrogen-bond donors (Lipinski definition) is 1. The first-order chi connectivity index (χ1) is 9.95. The van der Waals surface area contributed by atoms with E-state index in [2.05, 4.69) is 4.98 Å². The summed E-state index contributed by atoms with van der Waals surface area (Å²) in [7, 11) is 0. The third-order valence-electron chi connectivity index (χ3n) is 3.32. The molecule has 0 bridgehead atoms. The Kier molecular flexibility index (Phi) is 3.08. The number of alkyl halides is 3. The summed E-state index contributed by atoms with van der Waals surface area (Å²) in [6.07, 6.45) is -0.379. The Morgan fingerprint density at radius 3 is 2.48 bits per heavy atom. The number of nitrogen functional groups attached to an aromatic ring is 1. The van der Waals surface area contributed by atoms with Crippen LogP contribution in [-0.2, 0) is 12.6 Å². The number of pyridine rings is 1. The highest BCUT2D eigenvalue weighted by Gasteiger charge is 2.29. The SMILES string of the molecule is Nc1cccn2c(Cc3ccc(C(F)(F)F)cc3)ncc12. The third kappa shape index (κ3) is 2.56. The van der Waals surface area contributed by atoms with Gasteiger partial charge in [0.05, 0.1) is 23.0 Å². The molecule has 6 heteroatoms. The van der Waals surface area contributed by atoms with Crippen molar-refractivity contribution in [3.8, 4) is 0 Å². The molecular formula is C15H12F3N3. The van der Waals surface area contributed by atoms with Gasteiger partial charge in [-0.2, -0.15) is 13.2 Å². The van der Waals surface area contributed by atoms with Gasteiger partial charge in [-0.1, -0.05) is 12.1 Å². The fourth-order valence-corrected chi connectivity index (χ4v) is 2.22. The minimum atomic E-state index is -4.31. The second kappa shape index (κ2) is 4.80. The monoisotopic (exact) mass is 291 g/mol. The molecule has 1 aromatic carbocycles. The van der Waals surface area contributed by atoms with E-state index in [1.54, 1.807) is 18.3 Å². The summed E-state index contributed by atoms with van der Waals surface area (Å²) in [5.41, 5.74) is 7.36. The van der Waals surface area contributed by atoms with Gasteiger partial charge in [-0.05, 0) is 29.8 Å². The van der Waals surface area contributed by atoms with Crippen LogP contribution in [-0.4, -0.2) is 9.38 Å². The molecule has 0 radical (unpaired) electrons. The highest BCUT2D eigenvalue weighted by molar-refractivity contribution is 5.68. The summed E-state index contributed by atoms with van der Waals surface area (Å²) in [5.74, 6) is 0.733. The predicted molar refractivity (Wildman–Crippen MR) is 73.9 cm³/mol. The molecule has 0 atom stereocenters. The van der Waals surface area contributed by atoms with Crippen molar-refractivity contribution in [2.75, 3.05) is 5.73 Å². The molecule has 0 saturated heterocycles. The van der Waals surface area contributed by atoms with Crippen molar-refractivity contribution in [3.05, 3.63) is 65.7 Å². The molecule has 0 unspecified atom stereocenters. The van der Waals surface area contributed by atoms with E-state index in [1.807, 2.05) is 10.6 Å². The molecular weight excluding hydrogens is 279 g/mol. The molecule has 2 heterocycles. The van der Waals surface area contributed by atoms with Crippen molar-refractivity contribution in [1.82, 2.24) is 9.38 Å². The Balaban J connectivity index is 1.90. The maximum Gasteiger partial charge on any atom is 0.416 e. The van der Waals surface area contributed by atoms with E-state index in [9.17, 15) is 13.2 Å². The third-order valence-corrected chi connectivity index (χ3v) is 3.32. The maximum atomic E-state index is 12.5. The van der Waals surface area contributed by atoms with Crippen LogP contribution in [0, 0.1) is 0 Å². The van der Waals surface area contributed by atoms with E-state index in [1.165, 1.54) is 12.1 Å². The number of fused-ring (bicyclic) bond motifs is 1. The van der Waals surface area contributed by atoms with Gasteiger partial charge >= 0.3 is 6.18 Å². The van der Waals surface area contributed by atoms with Crippen LogP contribution in [0.25, 0.3) is 5.52 Å². The number of nitrogens with two attached hydrogens (primary N) is 1. The molecule has 0 aliphatic rings. The zero-order chi connectivity index (χ0) is 15.0. The Hall–Kier alpha value is -2.50. The number of hydrogen-bond acceptors (Lipinski definition) is 2. The minimum Gasteiger partial charge on any atom is -0.397 e. The second-order valence-corrected chi connectivity index (χ2v) is 4.76. The van der Waals surface area contributed by atoms with Crippen LogP contribution < -0.4 is 5.73 Å². The molecule has 0 spiro atoms. The number of benzene rings is 1. The highest BCUT2D eigenvalue weighted by Crippen LogP contribution is 2.29. The first kappa shape index (κ1) is 13.5. The van der Waals surface area contributed by atoms with Gasteiger partial charge in [0.2, 0.25) is 0 Å². The first-order valence-electron chi connectivity index (χ1n) is 6.32. The molecule has 0 aliphatic carbocycles. The van der Waals surface area contributed by atoms with Crippen LogP contribution in [0.5, 0.6) is 0 Å². The molecule has 3 rings (SSSR count). The summed E-state index contributed by atoms with van der Waals surface area (Å²) < 4.78 is 39.4. The lowest BCUT2D eigenvalue weighted by molar-refractivity contribution is -0.137. The van der Waals surface area contributed by atoms with E-state index in [4.69, 9.17) is 5.73 Å². The van der Waals surface area contributed by atoms with Crippen LogP contribution >= 0.6 is 0 Å². The molecule has 108 valence electrons. The molecule has 2 N–H and O–H groups in total. The van der Waals surface area contributed by atoms with Crippen LogP contribution in [0.15, 0.2) is 48.8 Å². The smallest absolute Gasteiger partial charge is 0.397 e. The van der Waals surface area contributed by atoms with E-state index >= 15 is 0 Å². The molecule has 0 aliphatic heterocycles. The average molecular weight is 291 g/mol. The summed E-state index contributed by atoms with van der Waals surface area (Å²) in [4.78, 5) is 4.28. The first-order valence-corrected chi connectivity index (χ1v) is 6.32. The lowest BCUT2D eigenvalue weighted by Gasteiger charge is -2.07. The summed E-state index contributed by atoms with van der Waals surface area (Å²) >= 11 is 0. The van der Waals surface area contributed by atoms with Crippen molar-refractivity contribution in [2.24, 2.45) is 0 Å². The molecule has 0 saturated carbocycles. The van der Waals surface area contributed by atoms with E-state index in [-0.39, 0.29) is 0 Å². The summed E-state index contributed by atoms with van der Waals surface area (Å²) in [6, 6.07) is 8.69. The molecule has 3 nitrogen and oxygen atoms in total.